The van der Waals surface area contributed by atoms with E-state index in [0.717, 1.165) is 12.8 Å². The summed E-state index contributed by atoms with van der Waals surface area (Å²) in [6.45, 7) is 4.51. The fraction of sp³-hybridized carbons (Fsp3) is 0.800. The number of nitrogens with two attached hydrogens (primary N) is 2. The van der Waals surface area contributed by atoms with E-state index in [0.29, 0.717) is 6.54 Å². The molecule has 0 bridgehead atoms. The Kier molecular flexibility index (Phi) is 3.68. The average molecular weight is 212 g/mol. The van der Waals surface area contributed by atoms with Crippen LogP contribution in [-0.2, 0) is 4.79 Å². The molecule has 1 amide bonds. The monoisotopic (exact) mass is 212 g/mol. The van der Waals surface area contributed by atoms with Gasteiger partial charge in [0.2, 0.25) is 5.91 Å². The second-order valence-corrected chi connectivity index (χ2v) is 4.41. The van der Waals surface area contributed by atoms with E-state index < -0.39 is 6.04 Å². The molecule has 5 N–H and O–H groups in total. The maximum Gasteiger partial charge on any atom is 0.240 e. The summed E-state index contributed by atoms with van der Waals surface area (Å²) in [6.07, 6.45) is 1.69. The van der Waals surface area contributed by atoms with Gasteiger partial charge in [0, 0.05) is 6.54 Å². The molecular formula is C10H20N4O. The lowest BCUT2D eigenvalue weighted by Crippen LogP contribution is -2.51. The molecule has 1 heterocycles. The summed E-state index contributed by atoms with van der Waals surface area (Å²) < 4.78 is 0. The highest BCUT2D eigenvalue weighted by atomic mass is 16.2. The summed E-state index contributed by atoms with van der Waals surface area (Å²) in [6, 6.07) is -0.716. The van der Waals surface area contributed by atoms with Crippen LogP contribution in [0.3, 0.4) is 0 Å². The number of likely N-dealkylation sites (tertiary alicyclic amines) is 1. The number of amides is 1. The van der Waals surface area contributed by atoms with Crippen LogP contribution < -0.4 is 11.5 Å². The molecule has 0 aromatic heterocycles. The first kappa shape index (κ1) is 12.0. The Morgan fingerprint density at radius 3 is 2.60 bits per heavy atom. The normalized spacial score (nSPS) is 23.2. The molecule has 0 aromatic rings. The van der Waals surface area contributed by atoms with Gasteiger partial charge in [-0.25, -0.2) is 0 Å². The molecule has 0 unspecified atom stereocenters. The van der Waals surface area contributed by atoms with Crippen molar-refractivity contribution in [2.24, 2.45) is 17.4 Å². The molecule has 0 aliphatic carbocycles. The quantitative estimate of drug-likeness (QED) is 0.450. The molecule has 0 radical (unpaired) electrons. The first-order chi connectivity index (χ1) is 6.95. The van der Waals surface area contributed by atoms with Gasteiger partial charge in [-0.2, -0.15) is 0 Å². The van der Waals surface area contributed by atoms with E-state index in [1.54, 1.807) is 4.90 Å². The topological polar surface area (TPSA) is 96.2 Å². The third-order valence-electron chi connectivity index (χ3n) is 2.90. The fourth-order valence-corrected chi connectivity index (χ4v) is 1.83. The molecule has 1 aliphatic rings. The summed E-state index contributed by atoms with van der Waals surface area (Å²) in [4.78, 5) is 13.6. The smallest absolute Gasteiger partial charge is 0.240 e. The number of amidine groups is 1. The summed E-state index contributed by atoms with van der Waals surface area (Å²) in [7, 11) is 0. The van der Waals surface area contributed by atoms with Gasteiger partial charge in [0.1, 0.15) is 5.84 Å². The lowest BCUT2D eigenvalue weighted by molar-refractivity contribution is -0.133. The number of hydrogen-bond acceptors (Lipinski definition) is 3. The maximum atomic E-state index is 12.0. The van der Waals surface area contributed by atoms with Crippen LogP contribution in [-0.4, -0.2) is 35.3 Å². The van der Waals surface area contributed by atoms with E-state index in [4.69, 9.17) is 16.9 Å². The van der Waals surface area contributed by atoms with E-state index in [9.17, 15) is 4.79 Å². The Hall–Kier alpha value is -1.10. The van der Waals surface area contributed by atoms with E-state index in [-0.39, 0.29) is 23.7 Å². The zero-order valence-corrected chi connectivity index (χ0v) is 9.36. The summed E-state index contributed by atoms with van der Waals surface area (Å²) in [5, 5.41) is 7.41. The summed E-state index contributed by atoms with van der Waals surface area (Å²) in [5.41, 5.74) is 11.3. The molecule has 0 aromatic carbocycles. The molecule has 0 saturated carbocycles. The zero-order chi connectivity index (χ0) is 11.6. The Labute approximate surface area is 90.3 Å². The van der Waals surface area contributed by atoms with Gasteiger partial charge in [-0.05, 0) is 18.8 Å². The SMILES string of the molecule is CC(C)[C@H](N)C(=O)N1CCC[C@H]1C(=N)N. The Bertz CT molecular complexity index is 264. The van der Waals surface area contributed by atoms with Crippen molar-refractivity contribution in [2.45, 2.75) is 38.8 Å². The standard InChI is InChI=1S/C10H20N4O/c1-6(2)8(11)10(15)14-5-3-4-7(14)9(12)13/h6-8H,3-5,11H2,1-2H3,(H3,12,13)/t7-,8-/m0/s1. The largest absolute Gasteiger partial charge is 0.386 e. The van der Waals surface area contributed by atoms with Gasteiger partial charge in [0.05, 0.1) is 12.1 Å². The molecule has 15 heavy (non-hydrogen) atoms. The summed E-state index contributed by atoms with van der Waals surface area (Å²) >= 11 is 0. The van der Waals surface area contributed by atoms with E-state index in [1.807, 2.05) is 13.8 Å². The van der Waals surface area contributed by atoms with Crippen molar-refractivity contribution in [1.29, 1.82) is 5.41 Å². The Morgan fingerprint density at radius 2 is 2.13 bits per heavy atom. The van der Waals surface area contributed by atoms with Crippen molar-refractivity contribution in [3.8, 4) is 0 Å². The van der Waals surface area contributed by atoms with E-state index in [1.165, 1.54) is 0 Å². The van der Waals surface area contributed by atoms with Crippen LogP contribution >= 0.6 is 0 Å². The van der Waals surface area contributed by atoms with E-state index >= 15 is 0 Å². The molecular weight excluding hydrogens is 192 g/mol. The highest BCUT2D eigenvalue weighted by Gasteiger charge is 2.34. The number of nitrogens with zero attached hydrogens (tertiary/aromatic N) is 1. The van der Waals surface area contributed by atoms with Crippen molar-refractivity contribution in [2.75, 3.05) is 6.54 Å². The first-order valence-corrected chi connectivity index (χ1v) is 5.35. The van der Waals surface area contributed by atoms with Crippen molar-refractivity contribution >= 4 is 11.7 Å². The molecule has 5 nitrogen and oxygen atoms in total. The maximum absolute atomic E-state index is 12.0. The zero-order valence-electron chi connectivity index (χ0n) is 9.36. The van der Waals surface area contributed by atoms with Gasteiger partial charge in [0.15, 0.2) is 0 Å². The van der Waals surface area contributed by atoms with Gasteiger partial charge in [-0.3, -0.25) is 10.2 Å². The minimum absolute atomic E-state index is 0.0665. The van der Waals surface area contributed by atoms with E-state index in [2.05, 4.69) is 0 Å². The number of nitrogens with one attached hydrogen (secondary N) is 1. The number of carbonyl (C=O) groups is 1. The summed E-state index contributed by atoms with van der Waals surface area (Å²) in [5.74, 6) is 0.102. The molecule has 5 heteroatoms. The Morgan fingerprint density at radius 1 is 1.53 bits per heavy atom. The molecule has 0 spiro atoms. The van der Waals surface area contributed by atoms with Gasteiger partial charge in [-0.15, -0.1) is 0 Å². The number of hydrogen-bond donors (Lipinski definition) is 3. The second kappa shape index (κ2) is 4.61. The predicted octanol–water partition coefficient (Wildman–Crippen LogP) is -0.103. The van der Waals surface area contributed by atoms with Crippen molar-refractivity contribution in [3.05, 3.63) is 0 Å². The highest BCUT2D eigenvalue weighted by Crippen LogP contribution is 2.19. The molecule has 1 rings (SSSR count). The molecule has 1 saturated heterocycles. The lowest BCUT2D eigenvalue weighted by atomic mass is 10.0. The lowest BCUT2D eigenvalue weighted by Gasteiger charge is -2.27. The molecule has 1 aliphatic heterocycles. The molecule has 86 valence electrons. The first-order valence-electron chi connectivity index (χ1n) is 5.35. The predicted molar refractivity (Wildman–Crippen MR) is 59.5 cm³/mol. The van der Waals surface area contributed by atoms with Crippen molar-refractivity contribution in [3.63, 3.8) is 0 Å². The number of rotatable bonds is 3. The molecule has 2 atom stereocenters. The molecule has 1 fully saturated rings. The van der Waals surface area contributed by atoms with Crippen LogP contribution in [0.4, 0.5) is 0 Å². The Balaban J connectivity index is 2.70. The minimum Gasteiger partial charge on any atom is -0.386 e. The van der Waals surface area contributed by atoms with Gasteiger partial charge in [-0.1, -0.05) is 13.8 Å². The van der Waals surface area contributed by atoms with Crippen LogP contribution in [0.1, 0.15) is 26.7 Å². The van der Waals surface area contributed by atoms with Crippen molar-refractivity contribution < 1.29 is 4.79 Å². The van der Waals surface area contributed by atoms with Gasteiger partial charge < -0.3 is 16.4 Å². The van der Waals surface area contributed by atoms with Gasteiger partial charge >= 0.3 is 0 Å². The highest BCUT2D eigenvalue weighted by molar-refractivity contribution is 5.90. The van der Waals surface area contributed by atoms with Gasteiger partial charge in [0.25, 0.3) is 0 Å². The van der Waals surface area contributed by atoms with Crippen LogP contribution in [0.25, 0.3) is 0 Å². The van der Waals surface area contributed by atoms with Crippen LogP contribution in [0, 0.1) is 11.3 Å². The third kappa shape index (κ3) is 2.47. The second-order valence-electron chi connectivity index (χ2n) is 4.41. The van der Waals surface area contributed by atoms with Crippen molar-refractivity contribution in [1.82, 2.24) is 4.90 Å². The van der Waals surface area contributed by atoms with Crippen LogP contribution in [0.15, 0.2) is 0 Å². The van der Waals surface area contributed by atoms with Crippen LogP contribution in [0.2, 0.25) is 0 Å². The fourth-order valence-electron chi connectivity index (χ4n) is 1.83. The number of carbonyl (C=O) groups excluding carboxylic acids is 1. The average Bonchev–Trinajstić information content (AvgIpc) is 2.63. The minimum atomic E-state index is -0.482. The van der Waals surface area contributed by atoms with Crippen LogP contribution in [0.5, 0.6) is 0 Å². The third-order valence-corrected chi connectivity index (χ3v) is 2.90.